The zero-order chi connectivity index (χ0) is 29.7. The van der Waals surface area contributed by atoms with Crippen molar-refractivity contribution < 1.29 is 18.4 Å². The van der Waals surface area contributed by atoms with E-state index in [1.165, 1.54) is 0 Å². The largest absolute Gasteiger partial charge is 0.414 e. The number of ether oxygens (including phenoxy) is 2. The third-order valence-corrected chi connectivity index (χ3v) is 13.1. The molecule has 2 fully saturated rings. The first-order valence-corrected chi connectivity index (χ1v) is 18.0. The van der Waals surface area contributed by atoms with Crippen molar-refractivity contribution >= 4 is 8.32 Å². The van der Waals surface area contributed by atoms with Gasteiger partial charge < -0.3 is 23.0 Å². The van der Waals surface area contributed by atoms with Gasteiger partial charge in [0.1, 0.15) is 17.6 Å². The Labute approximate surface area is 251 Å². The summed E-state index contributed by atoms with van der Waals surface area (Å²) in [5.41, 5.74) is 2.68. The molecule has 5 rings (SSSR count). The Morgan fingerprint density at radius 2 is 1.90 bits per heavy atom. The zero-order valence-corrected chi connectivity index (χ0v) is 26.8. The third-order valence-electron chi connectivity index (χ3n) is 8.57. The van der Waals surface area contributed by atoms with E-state index in [2.05, 4.69) is 67.7 Å². The average Bonchev–Trinajstić information content (AvgIpc) is 3.60. The fourth-order valence-corrected chi connectivity index (χ4v) is 6.33. The minimum Gasteiger partial charge on any atom is -0.414 e. The second-order valence-electron chi connectivity index (χ2n) is 12.9. The van der Waals surface area contributed by atoms with E-state index >= 15 is 0 Å². The van der Waals surface area contributed by atoms with E-state index in [4.69, 9.17) is 18.4 Å². The highest BCUT2D eigenvalue weighted by Gasteiger charge is 2.42. The normalized spacial score (nSPS) is 21.4. The Bertz CT molecular complexity index is 1450. The highest BCUT2D eigenvalue weighted by Crippen LogP contribution is 2.41. The van der Waals surface area contributed by atoms with Crippen molar-refractivity contribution in [1.29, 1.82) is 0 Å². The van der Waals surface area contributed by atoms with E-state index in [9.17, 15) is 0 Å². The van der Waals surface area contributed by atoms with Crippen molar-refractivity contribution in [3.63, 3.8) is 0 Å². The molecule has 2 atom stereocenters. The molecule has 0 radical (unpaired) electrons. The Balaban J connectivity index is 1.11. The maximum Gasteiger partial charge on any atom is 0.192 e. The van der Waals surface area contributed by atoms with Crippen LogP contribution < -0.4 is 0 Å². The van der Waals surface area contributed by atoms with Crippen LogP contribution in [0.2, 0.25) is 18.1 Å². The van der Waals surface area contributed by atoms with Crippen molar-refractivity contribution in [2.45, 2.75) is 103 Å². The molecule has 1 saturated carbocycles. The van der Waals surface area contributed by atoms with Crippen LogP contribution in [0.25, 0.3) is 11.3 Å². The van der Waals surface area contributed by atoms with Gasteiger partial charge in [0.25, 0.3) is 0 Å². The number of nitrogens with zero attached hydrogens (tertiary/aromatic N) is 3. The number of imidazole rings is 1. The summed E-state index contributed by atoms with van der Waals surface area (Å²) in [5, 5.41) is 4.53. The molecule has 0 bridgehead atoms. The van der Waals surface area contributed by atoms with Crippen LogP contribution in [-0.4, -0.2) is 42.0 Å². The molecule has 0 N–H and O–H groups in total. The first-order chi connectivity index (χ1) is 20.1. The van der Waals surface area contributed by atoms with E-state index in [-0.39, 0.29) is 17.4 Å². The van der Waals surface area contributed by atoms with Crippen LogP contribution in [0.3, 0.4) is 0 Å². The van der Waals surface area contributed by atoms with E-state index in [0.29, 0.717) is 24.3 Å². The summed E-state index contributed by atoms with van der Waals surface area (Å²) in [6, 6.07) is 9.93. The van der Waals surface area contributed by atoms with Crippen molar-refractivity contribution in [2.75, 3.05) is 6.61 Å². The Hall–Kier alpha value is -3.14. The molecule has 1 aliphatic heterocycles. The van der Waals surface area contributed by atoms with Crippen LogP contribution in [0.5, 0.6) is 0 Å². The highest BCUT2D eigenvalue weighted by molar-refractivity contribution is 6.74. The quantitative estimate of drug-likeness (QED) is 0.203. The van der Waals surface area contributed by atoms with E-state index in [1.807, 2.05) is 48.0 Å². The van der Waals surface area contributed by atoms with Crippen molar-refractivity contribution in [2.24, 2.45) is 5.92 Å². The van der Waals surface area contributed by atoms with Crippen molar-refractivity contribution in [3.8, 4) is 35.0 Å². The van der Waals surface area contributed by atoms with E-state index in [1.54, 1.807) is 6.20 Å². The summed E-state index contributed by atoms with van der Waals surface area (Å²) >= 11 is 0. The van der Waals surface area contributed by atoms with Gasteiger partial charge in [-0.05, 0) is 93.3 Å². The number of hydrogen-bond acceptors (Lipinski definition) is 6. The molecule has 1 aromatic carbocycles. The molecule has 2 aromatic heterocycles. The van der Waals surface area contributed by atoms with E-state index in [0.717, 1.165) is 61.4 Å². The molecule has 42 heavy (non-hydrogen) atoms. The van der Waals surface area contributed by atoms with Gasteiger partial charge in [0.05, 0.1) is 6.54 Å². The van der Waals surface area contributed by atoms with Crippen LogP contribution in [0.4, 0.5) is 0 Å². The third kappa shape index (κ3) is 7.62. The van der Waals surface area contributed by atoms with Crippen molar-refractivity contribution in [1.82, 2.24) is 14.7 Å². The lowest BCUT2D eigenvalue weighted by Gasteiger charge is -2.43. The summed E-state index contributed by atoms with van der Waals surface area (Å²) in [5.74, 6) is 14.5. The molecule has 1 saturated heterocycles. The summed E-state index contributed by atoms with van der Waals surface area (Å²) in [7, 11) is -1.71. The van der Waals surface area contributed by atoms with Gasteiger partial charge in [0.15, 0.2) is 20.4 Å². The maximum absolute atomic E-state index is 6.47. The number of hydrogen-bond donors (Lipinski definition) is 0. The fraction of sp³-hybridized carbons (Fsp3) is 0.529. The minimum absolute atomic E-state index is 0.166. The summed E-state index contributed by atoms with van der Waals surface area (Å²) in [6.07, 6.45) is 8.90. The molecular formula is C34H43N3O4Si. The van der Waals surface area contributed by atoms with Gasteiger partial charge in [0.2, 0.25) is 0 Å². The molecule has 222 valence electrons. The second-order valence-corrected chi connectivity index (χ2v) is 17.7. The zero-order valence-electron chi connectivity index (χ0n) is 25.8. The number of rotatable bonds is 8. The van der Waals surface area contributed by atoms with Crippen LogP contribution in [-0.2, 0) is 20.4 Å². The molecule has 3 heterocycles. The highest BCUT2D eigenvalue weighted by atomic mass is 28.4. The lowest BCUT2D eigenvalue weighted by molar-refractivity contribution is -0.188. The van der Waals surface area contributed by atoms with Crippen LogP contribution in [0.15, 0.2) is 47.2 Å². The van der Waals surface area contributed by atoms with Gasteiger partial charge in [-0.15, -0.1) is 0 Å². The molecule has 1 unspecified atom stereocenters. The van der Waals surface area contributed by atoms with Crippen LogP contribution in [0, 0.1) is 29.6 Å². The fourth-order valence-electron chi connectivity index (χ4n) is 4.95. The average molecular weight is 586 g/mol. The lowest BCUT2D eigenvalue weighted by Crippen LogP contribution is -2.47. The molecule has 0 amide bonds. The maximum atomic E-state index is 6.47. The van der Waals surface area contributed by atoms with Crippen LogP contribution in [0.1, 0.15) is 83.0 Å². The molecule has 7 nitrogen and oxygen atoms in total. The van der Waals surface area contributed by atoms with Gasteiger partial charge in [-0.1, -0.05) is 37.8 Å². The summed E-state index contributed by atoms with van der Waals surface area (Å²) < 4.78 is 26.0. The van der Waals surface area contributed by atoms with Gasteiger partial charge in [-0.2, -0.15) is 0 Å². The monoisotopic (exact) mass is 585 g/mol. The van der Waals surface area contributed by atoms with Gasteiger partial charge in [0, 0.05) is 48.2 Å². The Morgan fingerprint density at radius 3 is 2.62 bits per heavy atom. The molecule has 0 spiro atoms. The van der Waals surface area contributed by atoms with Gasteiger partial charge >= 0.3 is 0 Å². The van der Waals surface area contributed by atoms with Gasteiger partial charge in [-0.3, -0.25) is 0 Å². The Morgan fingerprint density at radius 1 is 1.12 bits per heavy atom. The van der Waals surface area contributed by atoms with E-state index < -0.39 is 8.32 Å². The molecule has 2 aliphatic rings. The van der Waals surface area contributed by atoms with Crippen molar-refractivity contribution in [3.05, 3.63) is 59.8 Å². The first kappa shape index (κ1) is 30.3. The smallest absolute Gasteiger partial charge is 0.192 e. The topological polar surface area (TPSA) is 71.5 Å². The molecular weight excluding hydrogens is 542 g/mol. The van der Waals surface area contributed by atoms with Crippen LogP contribution >= 0.6 is 0 Å². The summed E-state index contributed by atoms with van der Waals surface area (Å²) in [6.45, 7) is 14.8. The summed E-state index contributed by atoms with van der Waals surface area (Å²) in [4.78, 5) is 4.52. The Kier molecular flexibility index (Phi) is 9.40. The molecule has 1 aliphatic carbocycles. The number of aromatic nitrogens is 3. The second kappa shape index (κ2) is 13.0. The molecule has 8 heteroatoms. The number of benzene rings is 1. The standard InChI is InChI=1S/C34H43N3O4Si/c1-25(39-32-13-9-10-20-38-32)33-35-18-19-37(33)24-29-23-31(40-36-29)28-16-14-26(15-17-28)11-7-8-12-27-21-30(22-27)41-42(5,6)34(2,3)4/h14-19,23,25,27,30,32H,9-10,13,20-22,24H2,1-6H3/t25-,27?,30?,32?/m0/s1. The SMILES string of the molecule is C[C@H](OC1CCCCO1)c1nccn1Cc1cc(-c2ccc(C#CC#CC3CC(O[Si](C)(C)C(C)(C)C)C3)cc2)on1. The molecule has 3 aromatic rings. The van der Waals surface area contributed by atoms with Gasteiger partial charge in [-0.25, -0.2) is 4.98 Å². The predicted molar refractivity (Wildman–Crippen MR) is 166 cm³/mol. The first-order valence-electron chi connectivity index (χ1n) is 15.1. The predicted octanol–water partition coefficient (Wildman–Crippen LogP) is 7.35. The minimum atomic E-state index is -1.71. The lowest BCUT2D eigenvalue weighted by atomic mass is 9.83.